The molecule has 5 heteroatoms. The van der Waals surface area contributed by atoms with E-state index < -0.39 is 0 Å². The zero-order valence-electron chi connectivity index (χ0n) is 15.7. The van der Waals surface area contributed by atoms with Crippen LogP contribution in [0.25, 0.3) is 0 Å². The minimum Gasteiger partial charge on any atom is -0.337 e. The summed E-state index contributed by atoms with van der Waals surface area (Å²) in [6.07, 6.45) is 4.10. The van der Waals surface area contributed by atoms with Crippen molar-refractivity contribution in [2.45, 2.75) is 31.7 Å². The van der Waals surface area contributed by atoms with Gasteiger partial charge < -0.3 is 9.80 Å². The van der Waals surface area contributed by atoms with Crippen molar-refractivity contribution >= 4 is 29.1 Å². The SMILES string of the molecule is CN(C(=O)Cc1ccc(Cl)c(Cl)c1)[C@H](CN1CCCCC1)c1ccccc1. The van der Waals surface area contributed by atoms with Gasteiger partial charge >= 0.3 is 0 Å². The summed E-state index contributed by atoms with van der Waals surface area (Å²) in [5.74, 6) is 0.0826. The molecule has 3 rings (SSSR count). The fraction of sp³-hybridized carbons (Fsp3) is 0.409. The van der Waals surface area contributed by atoms with Crippen LogP contribution >= 0.6 is 23.2 Å². The Morgan fingerprint density at radius 1 is 1.04 bits per heavy atom. The molecule has 1 aliphatic rings. The Kier molecular flexibility index (Phi) is 7.17. The van der Waals surface area contributed by atoms with Crippen LogP contribution in [-0.4, -0.2) is 42.4 Å². The molecule has 144 valence electrons. The standard InChI is InChI=1S/C22H26Cl2N2O/c1-25(22(27)15-17-10-11-19(23)20(24)14-17)21(18-8-4-2-5-9-18)16-26-12-6-3-7-13-26/h2,4-5,8-11,14,21H,3,6-7,12-13,15-16H2,1H3/t21-/m1/s1. The first kappa shape index (κ1) is 20.2. The molecule has 0 saturated carbocycles. The van der Waals surface area contributed by atoms with Gasteiger partial charge in [0.15, 0.2) is 0 Å². The molecule has 1 atom stereocenters. The highest BCUT2D eigenvalue weighted by molar-refractivity contribution is 6.42. The van der Waals surface area contributed by atoms with Crippen LogP contribution in [0.1, 0.15) is 36.4 Å². The van der Waals surface area contributed by atoms with Crippen molar-refractivity contribution in [1.29, 1.82) is 0 Å². The van der Waals surface area contributed by atoms with Crippen LogP contribution in [0.2, 0.25) is 10.0 Å². The van der Waals surface area contributed by atoms with E-state index in [0.717, 1.165) is 25.2 Å². The van der Waals surface area contributed by atoms with Gasteiger partial charge in [0, 0.05) is 13.6 Å². The molecule has 1 heterocycles. The van der Waals surface area contributed by atoms with Gasteiger partial charge in [-0.2, -0.15) is 0 Å². The fourth-order valence-corrected chi connectivity index (χ4v) is 3.96. The van der Waals surface area contributed by atoms with Crippen molar-refractivity contribution < 1.29 is 4.79 Å². The second-order valence-electron chi connectivity index (χ2n) is 7.22. The number of rotatable bonds is 6. The molecule has 0 spiro atoms. The Morgan fingerprint density at radius 2 is 1.74 bits per heavy atom. The van der Waals surface area contributed by atoms with E-state index in [0.29, 0.717) is 16.5 Å². The third kappa shape index (κ3) is 5.47. The Labute approximate surface area is 171 Å². The van der Waals surface area contributed by atoms with Crippen molar-refractivity contribution in [1.82, 2.24) is 9.80 Å². The van der Waals surface area contributed by atoms with Crippen LogP contribution < -0.4 is 0 Å². The number of carbonyl (C=O) groups excluding carboxylic acids is 1. The summed E-state index contributed by atoms with van der Waals surface area (Å²) in [6.45, 7) is 3.09. The summed E-state index contributed by atoms with van der Waals surface area (Å²) in [4.78, 5) is 17.4. The van der Waals surface area contributed by atoms with Crippen molar-refractivity contribution in [3.63, 3.8) is 0 Å². The number of benzene rings is 2. The molecule has 2 aromatic rings. The second-order valence-corrected chi connectivity index (χ2v) is 8.03. The van der Waals surface area contributed by atoms with Crippen LogP contribution in [0.3, 0.4) is 0 Å². The number of amides is 1. The summed E-state index contributed by atoms with van der Waals surface area (Å²) in [5, 5.41) is 0.992. The van der Waals surface area contributed by atoms with Gasteiger partial charge in [-0.15, -0.1) is 0 Å². The van der Waals surface area contributed by atoms with Crippen molar-refractivity contribution in [2.75, 3.05) is 26.7 Å². The number of hydrogen-bond acceptors (Lipinski definition) is 2. The highest BCUT2D eigenvalue weighted by Crippen LogP contribution is 2.25. The van der Waals surface area contributed by atoms with Crippen molar-refractivity contribution in [2.24, 2.45) is 0 Å². The molecule has 0 aromatic heterocycles. The number of piperidine rings is 1. The summed E-state index contributed by atoms with van der Waals surface area (Å²) < 4.78 is 0. The molecule has 27 heavy (non-hydrogen) atoms. The maximum Gasteiger partial charge on any atom is 0.227 e. The largest absolute Gasteiger partial charge is 0.337 e. The normalized spacial score (nSPS) is 16.1. The van der Waals surface area contributed by atoms with Gasteiger partial charge in [-0.05, 0) is 49.2 Å². The van der Waals surface area contributed by atoms with Gasteiger partial charge in [-0.3, -0.25) is 4.79 Å². The molecular formula is C22H26Cl2N2O. The molecule has 3 nitrogen and oxygen atoms in total. The lowest BCUT2D eigenvalue weighted by molar-refractivity contribution is -0.131. The first-order valence-electron chi connectivity index (χ1n) is 9.51. The molecule has 1 fully saturated rings. The quantitative estimate of drug-likeness (QED) is 0.658. The van der Waals surface area contributed by atoms with E-state index in [-0.39, 0.29) is 11.9 Å². The number of carbonyl (C=O) groups is 1. The Hall–Kier alpha value is -1.55. The van der Waals surface area contributed by atoms with Gasteiger partial charge in [-0.25, -0.2) is 0 Å². The summed E-state index contributed by atoms with van der Waals surface area (Å²) >= 11 is 12.1. The Morgan fingerprint density at radius 3 is 2.41 bits per heavy atom. The first-order chi connectivity index (χ1) is 13.0. The number of likely N-dealkylation sites (tertiary alicyclic amines) is 1. The topological polar surface area (TPSA) is 23.6 Å². The second kappa shape index (κ2) is 9.59. The van der Waals surface area contributed by atoms with E-state index in [9.17, 15) is 4.79 Å². The van der Waals surface area contributed by atoms with Crippen LogP contribution in [0.15, 0.2) is 48.5 Å². The summed E-state index contributed by atoms with van der Waals surface area (Å²) in [5.41, 5.74) is 2.05. The van der Waals surface area contributed by atoms with Crippen molar-refractivity contribution in [3.8, 4) is 0 Å². The third-order valence-electron chi connectivity index (χ3n) is 5.26. The van der Waals surface area contributed by atoms with E-state index >= 15 is 0 Å². The lowest BCUT2D eigenvalue weighted by Gasteiger charge is -2.35. The maximum absolute atomic E-state index is 13.0. The molecule has 0 aliphatic carbocycles. The van der Waals surface area contributed by atoms with Gasteiger partial charge in [-0.1, -0.05) is 66.0 Å². The lowest BCUT2D eigenvalue weighted by atomic mass is 10.0. The summed E-state index contributed by atoms with van der Waals surface area (Å²) in [7, 11) is 1.90. The number of halogens is 2. The molecule has 0 bridgehead atoms. The molecule has 2 aromatic carbocycles. The van der Waals surface area contributed by atoms with Crippen LogP contribution in [-0.2, 0) is 11.2 Å². The number of likely N-dealkylation sites (N-methyl/N-ethyl adjacent to an activating group) is 1. The highest BCUT2D eigenvalue weighted by Gasteiger charge is 2.25. The zero-order valence-corrected chi connectivity index (χ0v) is 17.2. The van der Waals surface area contributed by atoms with Crippen LogP contribution in [0.4, 0.5) is 0 Å². The van der Waals surface area contributed by atoms with Crippen LogP contribution in [0.5, 0.6) is 0 Å². The zero-order chi connectivity index (χ0) is 19.2. The minimum atomic E-state index is 0.0413. The predicted octanol–water partition coefficient (Wildman–Crippen LogP) is 5.22. The minimum absolute atomic E-state index is 0.0413. The lowest BCUT2D eigenvalue weighted by Crippen LogP contribution is -2.41. The number of hydrogen-bond donors (Lipinski definition) is 0. The maximum atomic E-state index is 13.0. The fourth-order valence-electron chi connectivity index (χ4n) is 3.64. The van der Waals surface area contributed by atoms with Crippen LogP contribution in [0, 0.1) is 0 Å². The predicted molar refractivity (Wildman–Crippen MR) is 112 cm³/mol. The third-order valence-corrected chi connectivity index (χ3v) is 6.00. The molecule has 0 radical (unpaired) electrons. The highest BCUT2D eigenvalue weighted by atomic mass is 35.5. The van der Waals surface area contributed by atoms with Gasteiger partial charge in [0.2, 0.25) is 5.91 Å². The van der Waals surface area contributed by atoms with Gasteiger partial charge in [0.25, 0.3) is 0 Å². The molecular weight excluding hydrogens is 379 g/mol. The van der Waals surface area contributed by atoms with E-state index in [2.05, 4.69) is 17.0 Å². The summed E-state index contributed by atoms with van der Waals surface area (Å²) in [6, 6.07) is 15.7. The van der Waals surface area contributed by atoms with Gasteiger partial charge in [0.1, 0.15) is 0 Å². The average molecular weight is 405 g/mol. The monoisotopic (exact) mass is 404 g/mol. The molecule has 0 N–H and O–H groups in total. The molecule has 1 aliphatic heterocycles. The van der Waals surface area contributed by atoms with E-state index in [1.807, 2.05) is 36.2 Å². The van der Waals surface area contributed by atoms with E-state index in [1.54, 1.807) is 12.1 Å². The molecule has 0 unspecified atom stereocenters. The van der Waals surface area contributed by atoms with Gasteiger partial charge in [0.05, 0.1) is 22.5 Å². The smallest absolute Gasteiger partial charge is 0.227 e. The first-order valence-corrected chi connectivity index (χ1v) is 10.3. The Bertz CT molecular complexity index is 760. The van der Waals surface area contributed by atoms with Crippen molar-refractivity contribution in [3.05, 3.63) is 69.7 Å². The molecule has 1 saturated heterocycles. The van der Waals surface area contributed by atoms with E-state index in [4.69, 9.17) is 23.2 Å². The number of nitrogens with zero attached hydrogens (tertiary/aromatic N) is 2. The Balaban J connectivity index is 1.75. The average Bonchev–Trinajstić information content (AvgIpc) is 2.70. The molecule has 1 amide bonds. The van der Waals surface area contributed by atoms with E-state index in [1.165, 1.54) is 24.8 Å².